The number of hydrogen-bond donors (Lipinski definition) is 1. The predicted molar refractivity (Wildman–Crippen MR) is 106 cm³/mol. The molecule has 1 aliphatic heterocycles. The maximum Gasteiger partial charge on any atom is 0.247 e. The summed E-state index contributed by atoms with van der Waals surface area (Å²) in [6.45, 7) is 2.79. The molecule has 1 N–H and O–H groups in total. The molecule has 1 amide bonds. The summed E-state index contributed by atoms with van der Waals surface area (Å²) in [6, 6.07) is 13.4. The van der Waals surface area contributed by atoms with Crippen molar-refractivity contribution in [2.45, 2.75) is 25.8 Å². The van der Waals surface area contributed by atoms with Gasteiger partial charge in [-0.1, -0.05) is 18.2 Å². The largest absolute Gasteiger partial charge is 0.495 e. The SMILES string of the molecule is COc1ccc(C)cc1NC(=O)C1CCCN1c1ncnc2ccccc12. The van der Waals surface area contributed by atoms with Crippen LogP contribution in [0.2, 0.25) is 0 Å². The first-order valence-corrected chi connectivity index (χ1v) is 9.09. The first kappa shape index (κ1) is 17.3. The Morgan fingerprint density at radius 1 is 1.22 bits per heavy atom. The van der Waals surface area contributed by atoms with Gasteiger partial charge in [0.25, 0.3) is 0 Å². The van der Waals surface area contributed by atoms with E-state index in [4.69, 9.17) is 4.74 Å². The fraction of sp³-hybridized carbons (Fsp3) is 0.286. The molecule has 27 heavy (non-hydrogen) atoms. The van der Waals surface area contributed by atoms with Gasteiger partial charge in [0.2, 0.25) is 5.91 Å². The van der Waals surface area contributed by atoms with E-state index >= 15 is 0 Å². The van der Waals surface area contributed by atoms with Crippen molar-refractivity contribution < 1.29 is 9.53 Å². The van der Waals surface area contributed by atoms with E-state index in [1.54, 1.807) is 13.4 Å². The molecule has 0 saturated carbocycles. The second-order valence-electron chi connectivity index (χ2n) is 6.76. The van der Waals surface area contributed by atoms with E-state index in [-0.39, 0.29) is 11.9 Å². The molecule has 3 aromatic rings. The molecule has 1 saturated heterocycles. The summed E-state index contributed by atoms with van der Waals surface area (Å²) >= 11 is 0. The number of rotatable bonds is 4. The average molecular weight is 362 g/mol. The molecule has 0 bridgehead atoms. The van der Waals surface area contributed by atoms with Crippen molar-refractivity contribution in [3.05, 3.63) is 54.4 Å². The quantitative estimate of drug-likeness (QED) is 0.769. The minimum Gasteiger partial charge on any atom is -0.495 e. The van der Waals surface area contributed by atoms with Crippen LogP contribution >= 0.6 is 0 Å². The van der Waals surface area contributed by atoms with Crippen molar-refractivity contribution >= 4 is 28.3 Å². The van der Waals surface area contributed by atoms with Crippen LogP contribution in [0.1, 0.15) is 18.4 Å². The van der Waals surface area contributed by atoms with Gasteiger partial charge in [-0.2, -0.15) is 0 Å². The molecule has 4 rings (SSSR count). The van der Waals surface area contributed by atoms with Gasteiger partial charge < -0.3 is 15.0 Å². The molecular weight excluding hydrogens is 340 g/mol. The van der Waals surface area contributed by atoms with Crippen LogP contribution in [0.4, 0.5) is 11.5 Å². The summed E-state index contributed by atoms with van der Waals surface area (Å²) in [5.74, 6) is 1.43. The van der Waals surface area contributed by atoms with Crippen molar-refractivity contribution in [2.75, 3.05) is 23.9 Å². The lowest BCUT2D eigenvalue weighted by Crippen LogP contribution is -2.40. The highest BCUT2D eigenvalue weighted by Crippen LogP contribution is 2.31. The third-order valence-corrected chi connectivity index (χ3v) is 4.96. The molecule has 6 heteroatoms. The Hall–Kier alpha value is -3.15. The molecule has 2 aromatic carbocycles. The number of fused-ring (bicyclic) bond motifs is 1. The van der Waals surface area contributed by atoms with E-state index in [9.17, 15) is 4.79 Å². The molecule has 6 nitrogen and oxygen atoms in total. The Morgan fingerprint density at radius 3 is 2.93 bits per heavy atom. The van der Waals surface area contributed by atoms with Crippen LogP contribution in [0.5, 0.6) is 5.75 Å². The zero-order valence-electron chi connectivity index (χ0n) is 15.5. The second kappa shape index (κ2) is 7.23. The van der Waals surface area contributed by atoms with Crippen molar-refractivity contribution in [1.29, 1.82) is 0 Å². The molecule has 0 aliphatic carbocycles. The molecule has 0 radical (unpaired) electrons. The molecule has 138 valence electrons. The molecular formula is C21H22N4O2. The summed E-state index contributed by atoms with van der Waals surface area (Å²) < 4.78 is 5.38. The van der Waals surface area contributed by atoms with Gasteiger partial charge in [-0.15, -0.1) is 0 Å². The van der Waals surface area contributed by atoms with Crippen molar-refractivity contribution in [3.8, 4) is 5.75 Å². The van der Waals surface area contributed by atoms with Gasteiger partial charge in [0.1, 0.15) is 23.9 Å². The summed E-state index contributed by atoms with van der Waals surface area (Å²) in [5, 5.41) is 4.01. The highest BCUT2D eigenvalue weighted by Gasteiger charge is 2.33. The highest BCUT2D eigenvalue weighted by molar-refractivity contribution is 6.00. The van der Waals surface area contributed by atoms with E-state index in [1.807, 2.05) is 49.4 Å². The number of aryl methyl sites for hydroxylation is 1. The highest BCUT2D eigenvalue weighted by atomic mass is 16.5. The Labute approximate surface area is 158 Å². The number of hydrogen-bond acceptors (Lipinski definition) is 5. The Kier molecular flexibility index (Phi) is 4.62. The number of carbonyl (C=O) groups excluding carboxylic acids is 1. The van der Waals surface area contributed by atoms with Gasteiger partial charge in [0.15, 0.2) is 0 Å². The number of para-hydroxylation sites is 1. The van der Waals surface area contributed by atoms with Crippen LogP contribution in [0, 0.1) is 6.92 Å². The third kappa shape index (κ3) is 3.30. The zero-order chi connectivity index (χ0) is 18.8. The molecule has 1 aromatic heterocycles. The van der Waals surface area contributed by atoms with E-state index in [0.717, 1.165) is 41.7 Å². The van der Waals surface area contributed by atoms with Crippen LogP contribution in [0.15, 0.2) is 48.8 Å². The van der Waals surface area contributed by atoms with Crippen molar-refractivity contribution in [1.82, 2.24) is 9.97 Å². The predicted octanol–water partition coefficient (Wildman–Crippen LogP) is 3.55. The van der Waals surface area contributed by atoms with Crippen LogP contribution in [-0.4, -0.2) is 35.6 Å². The van der Waals surface area contributed by atoms with E-state index in [2.05, 4.69) is 20.2 Å². The maximum absolute atomic E-state index is 13.1. The summed E-state index contributed by atoms with van der Waals surface area (Å²) in [7, 11) is 1.61. The van der Waals surface area contributed by atoms with Gasteiger partial charge in [-0.05, 0) is 49.6 Å². The van der Waals surface area contributed by atoms with Gasteiger partial charge >= 0.3 is 0 Å². The lowest BCUT2D eigenvalue weighted by Gasteiger charge is -2.26. The monoisotopic (exact) mass is 362 g/mol. The Morgan fingerprint density at radius 2 is 2.07 bits per heavy atom. The molecule has 1 unspecified atom stereocenters. The number of methoxy groups -OCH3 is 1. The van der Waals surface area contributed by atoms with Crippen LogP contribution in [-0.2, 0) is 4.79 Å². The smallest absolute Gasteiger partial charge is 0.247 e. The molecule has 2 heterocycles. The minimum absolute atomic E-state index is 0.0425. The number of carbonyl (C=O) groups is 1. The lowest BCUT2D eigenvalue weighted by atomic mass is 10.1. The number of aromatic nitrogens is 2. The van der Waals surface area contributed by atoms with Crippen LogP contribution in [0.3, 0.4) is 0 Å². The number of ether oxygens (including phenoxy) is 1. The van der Waals surface area contributed by atoms with E-state index in [0.29, 0.717) is 11.4 Å². The number of nitrogens with zero attached hydrogens (tertiary/aromatic N) is 3. The topological polar surface area (TPSA) is 67.3 Å². The van der Waals surface area contributed by atoms with E-state index in [1.165, 1.54) is 0 Å². The second-order valence-corrected chi connectivity index (χ2v) is 6.76. The van der Waals surface area contributed by atoms with E-state index < -0.39 is 0 Å². The maximum atomic E-state index is 13.1. The lowest BCUT2D eigenvalue weighted by molar-refractivity contribution is -0.117. The zero-order valence-corrected chi connectivity index (χ0v) is 15.5. The summed E-state index contributed by atoms with van der Waals surface area (Å²) in [4.78, 5) is 24.0. The minimum atomic E-state index is -0.270. The van der Waals surface area contributed by atoms with Crippen molar-refractivity contribution in [2.24, 2.45) is 0 Å². The number of anilines is 2. The molecule has 0 spiro atoms. The summed E-state index contributed by atoms with van der Waals surface area (Å²) in [6.07, 6.45) is 3.30. The fourth-order valence-electron chi connectivity index (χ4n) is 3.65. The summed E-state index contributed by atoms with van der Waals surface area (Å²) in [5.41, 5.74) is 2.65. The van der Waals surface area contributed by atoms with Crippen LogP contribution < -0.4 is 15.0 Å². The fourth-order valence-corrected chi connectivity index (χ4v) is 3.65. The van der Waals surface area contributed by atoms with Crippen molar-refractivity contribution in [3.63, 3.8) is 0 Å². The van der Waals surface area contributed by atoms with Crippen LogP contribution in [0.25, 0.3) is 10.9 Å². The number of amides is 1. The Balaban J connectivity index is 1.63. The molecule has 1 atom stereocenters. The normalized spacial score (nSPS) is 16.5. The number of nitrogens with one attached hydrogen (secondary N) is 1. The first-order valence-electron chi connectivity index (χ1n) is 9.09. The molecule has 1 aliphatic rings. The number of benzene rings is 2. The standard InChI is InChI=1S/C21H22N4O2/c1-14-9-10-19(27-2)17(12-14)24-21(26)18-8-5-11-25(18)20-15-6-3-4-7-16(15)22-13-23-20/h3-4,6-7,9-10,12-13,18H,5,8,11H2,1-2H3,(H,24,26). The van der Waals surface area contributed by atoms with Gasteiger partial charge in [-0.3, -0.25) is 4.79 Å². The van der Waals surface area contributed by atoms with Gasteiger partial charge in [0.05, 0.1) is 18.3 Å². The Bertz CT molecular complexity index is 984. The third-order valence-electron chi connectivity index (χ3n) is 4.96. The first-order chi connectivity index (χ1) is 13.2. The average Bonchev–Trinajstić information content (AvgIpc) is 3.17. The van der Waals surface area contributed by atoms with Gasteiger partial charge in [-0.25, -0.2) is 9.97 Å². The molecule has 1 fully saturated rings. The van der Waals surface area contributed by atoms with Gasteiger partial charge in [0, 0.05) is 11.9 Å².